The molecular weight excluding hydrogens is 191 g/mol. The Morgan fingerprint density at radius 3 is 2.00 bits per heavy atom. The third-order valence-corrected chi connectivity index (χ3v) is 1.67. The number of allylic oxidation sites excluding steroid dienone is 5. The fraction of sp³-hybridized carbons (Fsp3) is 0.250. The highest BCUT2D eigenvalue weighted by atomic mass is 19.2. The van der Waals surface area contributed by atoms with Crippen molar-refractivity contribution in [1.82, 2.24) is 0 Å². The van der Waals surface area contributed by atoms with E-state index in [4.69, 9.17) is 0 Å². The number of rotatable bonds is 1. The van der Waals surface area contributed by atoms with Crippen molar-refractivity contribution >= 4 is 0 Å². The van der Waals surface area contributed by atoms with Gasteiger partial charge >= 0.3 is 0 Å². The summed E-state index contributed by atoms with van der Waals surface area (Å²) in [6.45, 7) is 2.96. The summed E-state index contributed by atoms with van der Waals surface area (Å²) in [4.78, 5) is 0. The molecule has 5 heteroatoms. The second-order valence-corrected chi connectivity index (χ2v) is 2.44. The molecule has 2 atom stereocenters. The van der Waals surface area contributed by atoms with Crippen molar-refractivity contribution in [2.24, 2.45) is 0 Å². The van der Waals surface area contributed by atoms with Gasteiger partial charge in [0.2, 0.25) is 0 Å². The maximum atomic E-state index is 12.7. The van der Waals surface area contributed by atoms with Gasteiger partial charge in [0.1, 0.15) is 0 Å². The van der Waals surface area contributed by atoms with Gasteiger partial charge in [-0.05, 0) is 0 Å². The van der Waals surface area contributed by atoms with E-state index in [1.165, 1.54) is 0 Å². The molecule has 0 bridgehead atoms. The molecule has 0 saturated carbocycles. The molecule has 0 N–H and O–H groups in total. The van der Waals surface area contributed by atoms with Crippen molar-refractivity contribution in [2.45, 2.75) is 12.3 Å². The van der Waals surface area contributed by atoms with Crippen LogP contribution in [0.3, 0.4) is 0 Å². The summed E-state index contributed by atoms with van der Waals surface area (Å²) >= 11 is 0. The summed E-state index contributed by atoms with van der Waals surface area (Å²) in [5, 5.41) is 0. The van der Waals surface area contributed by atoms with Crippen LogP contribution in [0, 0.1) is 0 Å². The number of halogens is 5. The number of hydrogen-bond donors (Lipinski definition) is 0. The van der Waals surface area contributed by atoms with Gasteiger partial charge in [-0.2, -0.15) is 0 Å². The van der Waals surface area contributed by atoms with Gasteiger partial charge in [-0.1, -0.05) is 12.7 Å². The second-order valence-electron chi connectivity index (χ2n) is 2.44. The third-order valence-electron chi connectivity index (χ3n) is 1.67. The zero-order chi connectivity index (χ0) is 10.2. The van der Waals surface area contributed by atoms with Crippen molar-refractivity contribution in [2.75, 3.05) is 0 Å². The first kappa shape index (κ1) is 9.95. The van der Waals surface area contributed by atoms with Crippen molar-refractivity contribution in [3.63, 3.8) is 0 Å². The van der Waals surface area contributed by atoms with E-state index in [0.29, 0.717) is 6.08 Å². The van der Waals surface area contributed by atoms with E-state index in [1.54, 1.807) is 0 Å². The van der Waals surface area contributed by atoms with Gasteiger partial charge in [0.05, 0.1) is 0 Å². The Balaban J connectivity index is 3.26. The van der Waals surface area contributed by atoms with Gasteiger partial charge in [-0.25, -0.2) is 22.0 Å². The monoisotopic (exact) mass is 196 g/mol. The molecule has 0 heterocycles. The smallest absolute Gasteiger partial charge is 0.193 e. The van der Waals surface area contributed by atoms with Crippen LogP contribution in [0.2, 0.25) is 0 Å². The minimum absolute atomic E-state index is 0.624. The van der Waals surface area contributed by atoms with Crippen molar-refractivity contribution in [1.29, 1.82) is 0 Å². The fourth-order valence-corrected chi connectivity index (χ4v) is 0.962. The molecule has 0 aromatic carbocycles. The summed E-state index contributed by atoms with van der Waals surface area (Å²) < 4.78 is 62.7. The zero-order valence-electron chi connectivity index (χ0n) is 6.33. The van der Waals surface area contributed by atoms with E-state index in [9.17, 15) is 22.0 Å². The van der Waals surface area contributed by atoms with Gasteiger partial charge in [0.15, 0.2) is 29.8 Å². The van der Waals surface area contributed by atoms with Gasteiger partial charge in [-0.15, -0.1) is 0 Å². The molecule has 0 amide bonds. The van der Waals surface area contributed by atoms with E-state index in [1.807, 2.05) is 0 Å². The number of hydrogen-bond acceptors (Lipinski definition) is 0. The van der Waals surface area contributed by atoms with Crippen LogP contribution in [0.25, 0.3) is 0 Å². The predicted molar refractivity (Wildman–Crippen MR) is 37.4 cm³/mol. The zero-order valence-corrected chi connectivity index (χ0v) is 6.33. The largest absolute Gasteiger partial charge is 0.238 e. The van der Waals surface area contributed by atoms with Crippen LogP contribution in [0.5, 0.6) is 0 Å². The number of alkyl halides is 2. The molecule has 72 valence electrons. The summed E-state index contributed by atoms with van der Waals surface area (Å²) in [6, 6.07) is 0. The van der Waals surface area contributed by atoms with Crippen LogP contribution >= 0.6 is 0 Å². The maximum absolute atomic E-state index is 12.7. The van der Waals surface area contributed by atoms with Crippen molar-refractivity contribution in [3.8, 4) is 0 Å². The Labute approximate surface area is 71.0 Å². The van der Waals surface area contributed by atoms with Crippen LogP contribution < -0.4 is 0 Å². The molecule has 0 radical (unpaired) electrons. The highest BCUT2D eigenvalue weighted by Gasteiger charge is 2.38. The summed E-state index contributed by atoms with van der Waals surface area (Å²) in [7, 11) is 0. The Hall–Kier alpha value is -1.13. The van der Waals surface area contributed by atoms with E-state index >= 15 is 0 Å². The lowest BCUT2D eigenvalue weighted by atomic mass is 9.99. The highest BCUT2D eigenvalue weighted by molar-refractivity contribution is 5.42. The quantitative estimate of drug-likeness (QED) is 0.565. The summed E-state index contributed by atoms with van der Waals surface area (Å²) in [6.07, 6.45) is -4.69. The molecule has 1 aliphatic carbocycles. The topological polar surface area (TPSA) is 0 Å². The molecule has 0 aromatic rings. The molecule has 0 aromatic heterocycles. The van der Waals surface area contributed by atoms with E-state index in [2.05, 4.69) is 6.58 Å². The average molecular weight is 196 g/mol. The first-order valence-electron chi connectivity index (χ1n) is 3.36. The van der Waals surface area contributed by atoms with E-state index < -0.39 is 35.4 Å². The standard InChI is InChI=1S/C8H5F5/c1-2-3-4(9)6(11)8(13)7(12)5(3)10/h2,4,6H,1H2. The average Bonchev–Trinajstić information content (AvgIpc) is 2.13. The maximum Gasteiger partial charge on any atom is 0.193 e. The molecule has 0 spiro atoms. The first-order chi connectivity index (χ1) is 6.00. The first-order valence-corrected chi connectivity index (χ1v) is 3.36. The molecule has 0 saturated heterocycles. The minimum atomic E-state index is -2.78. The minimum Gasteiger partial charge on any atom is -0.238 e. The normalized spacial score (nSPS) is 29.6. The van der Waals surface area contributed by atoms with Crippen LogP contribution in [0.15, 0.2) is 35.7 Å². The predicted octanol–water partition coefficient (Wildman–Crippen LogP) is 3.24. The molecule has 2 unspecified atom stereocenters. The molecule has 13 heavy (non-hydrogen) atoms. The van der Waals surface area contributed by atoms with Gasteiger partial charge in [0.25, 0.3) is 0 Å². The lowest BCUT2D eigenvalue weighted by Crippen LogP contribution is -2.25. The Bertz CT molecular complexity index is 302. The molecule has 1 rings (SSSR count). The Kier molecular flexibility index (Phi) is 2.54. The van der Waals surface area contributed by atoms with Gasteiger partial charge in [-0.3, -0.25) is 0 Å². The third kappa shape index (κ3) is 1.38. The lowest BCUT2D eigenvalue weighted by molar-refractivity contribution is 0.185. The van der Waals surface area contributed by atoms with E-state index in [0.717, 1.165) is 0 Å². The SMILES string of the molecule is C=CC1=C(F)C(F)=C(F)C(F)C1F. The molecule has 1 aliphatic rings. The lowest BCUT2D eigenvalue weighted by Gasteiger charge is -2.18. The van der Waals surface area contributed by atoms with Crippen LogP contribution in [0.1, 0.15) is 0 Å². The van der Waals surface area contributed by atoms with Crippen molar-refractivity contribution < 1.29 is 22.0 Å². The molecule has 0 aliphatic heterocycles. The molecule has 0 fully saturated rings. The van der Waals surface area contributed by atoms with Crippen molar-refractivity contribution in [3.05, 3.63) is 35.7 Å². The van der Waals surface area contributed by atoms with Crippen LogP contribution in [-0.2, 0) is 0 Å². The Morgan fingerprint density at radius 1 is 1.00 bits per heavy atom. The Morgan fingerprint density at radius 2 is 1.54 bits per heavy atom. The van der Waals surface area contributed by atoms with Crippen LogP contribution in [0.4, 0.5) is 22.0 Å². The van der Waals surface area contributed by atoms with Gasteiger partial charge < -0.3 is 0 Å². The van der Waals surface area contributed by atoms with Crippen LogP contribution in [-0.4, -0.2) is 12.3 Å². The molecule has 0 nitrogen and oxygen atoms in total. The molecular formula is C8H5F5. The second kappa shape index (κ2) is 3.32. The van der Waals surface area contributed by atoms with E-state index in [-0.39, 0.29) is 0 Å². The summed E-state index contributed by atoms with van der Waals surface area (Å²) in [5.41, 5.74) is -0.897. The summed E-state index contributed by atoms with van der Waals surface area (Å²) in [5.74, 6) is -5.76. The highest BCUT2D eigenvalue weighted by Crippen LogP contribution is 2.36. The fourth-order valence-electron chi connectivity index (χ4n) is 0.962. The van der Waals surface area contributed by atoms with Gasteiger partial charge in [0, 0.05) is 5.57 Å².